The second kappa shape index (κ2) is 4.67. The van der Waals surface area contributed by atoms with Gasteiger partial charge >= 0.3 is 0 Å². The lowest BCUT2D eigenvalue weighted by atomic mass is 10.2. The Morgan fingerprint density at radius 1 is 1.41 bits per heavy atom. The second-order valence-electron chi connectivity index (χ2n) is 3.55. The highest BCUT2D eigenvalue weighted by Crippen LogP contribution is 2.16. The molecule has 1 heterocycles. The Kier molecular flexibility index (Phi) is 3.23. The molecule has 2 rings (SSSR count). The molecular formula is C11H9BrFN3O. The molecule has 0 aliphatic heterocycles. The maximum atomic E-state index is 13.1. The van der Waals surface area contributed by atoms with E-state index in [4.69, 9.17) is 0 Å². The molecule has 6 heteroatoms. The van der Waals surface area contributed by atoms with E-state index in [1.54, 1.807) is 6.07 Å². The smallest absolute Gasteiger partial charge is 0.257 e. The van der Waals surface area contributed by atoms with Crippen LogP contribution >= 0.6 is 15.9 Å². The number of anilines is 1. The average molecular weight is 298 g/mol. The van der Waals surface area contributed by atoms with Crippen LogP contribution in [0.5, 0.6) is 0 Å². The van der Waals surface area contributed by atoms with Crippen molar-refractivity contribution in [2.24, 2.45) is 0 Å². The molecule has 1 aromatic carbocycles. The van der Waals surface area contributed by atoms with E-state index in [0.717, 1.165) is 5.69 Å². The number of hydrogen-bond acceptors (Lipinski definition) is 2. The molecule has 0 aliphatic carbocycles. The summed E-state index contributed by atoms with van der Waals surface area (Å²) < 4.78 is 13.6. The molecular weight excluding hydrogens is 289 g/mol. The number of benzene rings is 1. The molecule has 88 valence electrons. The predicted octanol–water partition coefficient (Wildman–Crippen LogP) is 2.87. The van der Waals surface area contributed by atoms with Crippen molar-refractivity contribution in [3.05, 3.63) is 45.8 Å². The van der Waals surface area contributed by atoms with Crippen molar-refractivity contribution in [2.75, 3.05) is 5.32 Å². The molecule has 0 aliphatic rings. The molecule has 2 N–H and O–H groups in total. The summed E-state index contributed by atoms with van der Waals surface area (Å²) in [5.41, 5.74) is 1.07. The van der Waals surface area contributed by atoms with Gasteiger partial charge in [-0.3, -0.25) is 9.89 Å². The Morgan fingerprint density at radius 2 is 2.18 bits per heavy atom. The molecule has 17 heavy (non-hydrogen) atoms. The highest BCUT2D eigenvalue weighted by molar-refractivity contribution is 9.10. The molecule has 0 bridgehead atoms. The number of aryl methyl sites for hydroxylation is 1. The lowest BCUT2D eigenvalue weighted by Gasteiger charge is -2.02. The van der Waals surface area contributed by atoms with Gasteiger partial charge in [0.25, 0.3) is 5.91 Å². The van der Waals surface area contributed by atoms with Crippen molar-refractivity contribution < 1.29 is 9.18 Å². The highest BCUT2D eigenvalue weighted by Gasteiger charge is 2.09. The summed E-state index contributed by atoms with van der Waals surface area (Å²) in [6, 6.07) is 5.68. The van der Waals surface area contributed by atoms with Gasteiger partial charge in [0, 0.05) is 21.8 Å². The third-order valence-corrected chi connectivity index (χ3v) is 2.53. The first-order chi connectivity index (χ1) is 8.04. The quantitative estimate of drug-likeness (QED) is 0.895. The van der Waals surface area contributed by atoms with Crippen LogP contribution in [0.25, 0.3) is 0 Å². The zero-order valence-electron chi connectivity index (χ0n) is 8.92. The number of carbonyl (C=O) groups is 1. The maximum Gasteiger partial charge on any atom is 0.257 e. The highest BCUT2D eigenvalue weighted by atomic mass is 79.9. The Morgan fingerprint density at radius 3 is 2.76 bits per heavy atom. The Hall–Kier alpha value is -1.69. The lowest BCUT2D eigenvalue weighted by molar-refractivity contribution is 0.102. The van der Waals surface area contributed by atoms with Gasteiger partial charge in [0.1, 0.15) is 5.82 Å². The maximum absolute atomic E-state index is 13.1. The summed E-state index contributed by atoms with van der Waals surface area (Å²) in [6.45, 7) is 1.82. The van der Waals surface area contributed by atoms with Crippen molar-refractivity contribution in [1.29, 1.82) is 0 Å². The van der Waals surface area contributed by atoms with Crippen molar-refractivity contribution in [3.63, 3.8) is 0 Å². The minimum absolute atomic E-state index is 0.234. The third kappa shape index (κ3) is 2.91. The topological polar surface area (TPSA) is 57.8 Å². The number of carbonyl (C=O) groups excluding carboxylic acids is 1. The monoisotopic (exact) mass is 297 g/mol. The molecule has 0 radical (unpaired) electrons. The van der Waals surface area contributed by atoms with Crippen LogP contribution in [0.4, 0.5) is 10.2 Å². The van der Waals surface area contributed by atoms with Crippen LogP contribution in [0.3, 0.4) is 0 Å². The summed E-state index contributed by atoms with van der Waals surface area (Å²) in [7, 11) is 0. The molecule has 1 aromatic heterocycles. The first-order valence-corrected chi connectivity index (χ1v) is 5.63. The summed E-state index contributed by atoms with van der Waals surface area (Å²) in [4.78, 5) is 11.8. The van der Waals surface area contributed by atoms with Crippen LogP contribution < -0.4 is 5.32 Å². The fourth-order valence-corrected chi connectivity index (χ4v) is 1.82. The summed E-state index contributed by atoms with van der Waals surface area (Å²) in [5, 5.41) is 9.13. The van der Waals surface area contributed by atoms with Crippen LogP contribution in [0.2, 0.25) is 0 Å². The van der Waals surface area contributed by atoms with Crippen molar-refractivity contribution in [3.8, 4) is 0 Å². The minimum Gasteiger partial charge on any atom is -0.305 e. The van der Waals surface area contributed by atoms with E-state index in [1.165, 1.54) is 18.2 Å². The summed E-state index contributed by atoms with van der Waals surface area (Å²) >= 11 is 3.13. The molecule has 0 atom stereocenters. The molecule has 0 spiro atoms. The zero-order valence-corrected chi connectivity index (χ0v) is 10.5. The van der Waals surface area contributed by atoms with Crippen molar-refractivity contribution >= 4 is 27.7 Å². The molecule has 0 fully saturated rings. The fourth-order valence-electron chi connectivity index (χ4n) is 1.36. The molecule has 1 amide bonds. The Balaban J connectivity index is 2.19. The number of rotatable bonds is 2. The van der Waals surface area contributed by atoms with Crippen LogP contribution in [-0.2, 0) is 0 Å². The summed E-state index contributed by atoms with van der Waals surface area (Å²) in [5.74, 6) is -0.465. The van der Waals surface area contributed by atoms with Gasteiger partial charge in [-0.1, -0.05) is 15.9 Å². The third-order valence-electron chi connectivity index (χ3n) is 2.07. The average Bonchev–Trinajstić information content (AvgIpc) is 2.62. The van der Waals surface area contributed by atoms with Crippen LogP contribution in [-0.4, -0.2) is 16.1 Å². The standard InChI is InChI=1S/C11H9BrFN3O/c1-6-2-10(16-15-6)14-11(17)7-3-8(12)5-9(13)4-7/h2-5H,1H3,(H2,14,15,16,17). The van der Waals surface area contributed by atoms with E-state index in [1.807, 2.05) is 6.92 Å². The van der Waals surface area contributed by atoms with Gasteiger partial charge in [-0.25, -0.2) is 4.39 Å². The first kappa shape index (κ1) is 11.8. The second-order valence-corrected chi connectivity index (χ2v) is 4.46. The van der Waals surface area contributed by atoms with Crippen molar-refractivity contribution in [2.45, 2.75) is 6.92 Å². The molecule has 2 aromatic rings. The predicted molar refractivity (Wildman–Crippen MR) is 65.4 cm³/mol. The van der Waals surface area contributed by atoms with Gasteiger partial charge in [-0.05, 0) is 25.1 Å². The lowest BCUT2D eigenvalue weighted by Crippen LogP contribution is -2.12. The van der Waals surface area contributed by atoms with Crippen LogP contribution in [0.15, 0.2) is 28.7 Å². The van der Waals surface area contributed by atoms with Crippen LogP contribution in [0, 0.1) is 12.7 Å². The van der Waals surface area contributed by atoms with Crippen molar-refractivity contribution in [1.82, 2.24) is 10.2 Å². The van der Waals surface area contributed by atoms with E-state index in [0.29, 0.717) is 10.3 Å². The van der Waals surface area contributed by atoms with E-state index >= 15 is 0 Å². The van der Waals surface area contributed by atoms with E-state index in [9.17, 15) is 9.18 Å². The van der Waals surface area contributed by atoms with E-state index < -0.39 is 11.7 Å². The Labute approximate surface area is 105 Å². The van der Waals surface area contributed by atoms with E-state index in [2.05, 4.69) is 31.4 Å². The van der Waals surface area contributed by atoms with Gasteiger partial charge < -0.3 is 5.32 Å². The number of hydrogen-bond donors (Lipinski definition) is 2. The molecule has 4 nitrogen and oxygen atoms in total. The molecule has 0 unspecified atom stereocenters. The number of nitrogens with one attached hydrogen (secondary N) is 2. The number of nitrogens with zero attached hydrogens (tertiary/aromatic N) is 1. The van der Waals surface area contributed by atoms with Gasteiger partial charge in [0.15, 0.2) is 5.82 Å². The van der Waals surface area contributed by atoms with E-state index in [-0.39, 0.29) is 5.56 Å². The van der Waals surface area contributed by atoms with Gasteiger partial charge in [0.05, 0.1) is 0 Å². The number of halogens is 2. The van der Waals surface area contributed by atoms with Gasteiger partial charge in [-0.15, -0.1) is 0 Å². The zero-order chi connectivity index (χ0) is 12.4. The molecule has 0 saturated heterocycles. The fraction of sp³-hybridized carbons (Fsp3) is 0.0909. The number of aromatic amines is 1. The van der Waals surface area contributed by atoms with Gasteiger partial charge in [-0.2, -0.15) is 5.10 Å². The van der Waals surface area contributed by atoms with Crippen LogP contribution in [0.1, 0.15) is 16.1 Å². The summed E-state index contributed by atoms with van der Waals surface area (Å²) in [6.07, 6.45) is 0. The normalized spacial score (nSPS) is 10.3. The minimum atomic E-state index is -0.470. The first-order valence-electron chi connectivity index (χ1n) is 4.84. The Bertz CT molecular complexity index is 547. The number of aromatic nitrogens is 2. The number of H-pyrrole nitrogens is 1. The SMILES string of the molecule is Cc1cc(NC(=O)c2cc(F)cc(Br)c2)n[nH]1. The molecule has 0 saturated carbocycles. The van der Waals surface area contributed by atoms with Gasteiger partial charge in [0.2, 0.25) is 0 Å². The largest absolute Gasteiger partial charge is 0.305 e. The number of amides is 1.